The Balaban J connectivity index is 2.57. The molecule has 2 amide bonds. The molecule has 0 spiro atoms. The Morgan fingerprint density at radius 2 is 2.33 bits per heavy atom. The van der Waals surface area contributed by atoms with Crippen LogP contribution >= 0.6 is 0 Å². The standard InChI is InChI=1S/C7H14N4O/c1-3-11(7(8)12)10-5-4-9(2)6-10/h4-5H,3,6H2,1-2H3,(H2,8,12). The van der Waals surface area contributed by atoms with Gasteiger partial charge in [-0.3, -0.25) is 5.01 Å². The van der Waals surface area contributed by atoms with Crippen LogP contribution in [0.2, 0.25) is 0 Å². The fourth-order valence-electron chi connectivity index (χ4n) is 1.13. The van der Waals surface area contributed by atoms with Crippen LogP contribution in [0.3, 0.4) is 0 Å². The molecule has 0 saturated carbocycles. The summed E-state index contributed by atoms with van der Waals surface area (Å²) in [6.07, 6.45) is 3.72. The number of nitrogens with two attached hydrogens (primary N) is 1. The molecular weight excluding hydrogens is 156 g/mol. The van der Waals surface area contributed by atoms with Gasteiger partial charge in [0.15, 0.2) is 0 Å². The molecule has 12 heavy (non-hydrogen) atoms. The van der Waals surface area contributed by atoms with Gasteiger partial charge in [0, 0.05) is 26.0 Å². The fourth-order valence-corrected chi connectivity index (χ4v) is 1.13. The van der Waals surface area contributed by atoms with Crippen LogP contribution in [0.1, 0.15) is 6.92 Å². The zero-order valence-corrected chi connectivity index (χ0v) is 7.40. The van der Waals surface area contributed by atoms with Gasteiger partial charge in [0.2, 0.25) is 0 Å². The lowest BCUT2D eigenvalue weighted by Gasteiger charge is -2.29. The molecule has 0 aliphatic carbocycles. The minimum atomic E-state index is -0.419. The molecule has 0 aromatic carbocycles. The molecule has 1 rings (SSSR count). The van der Waals surface area contributed by atoms with Gasteiger partial charge in [0.1, 0.15) is 6.67 Å². The van der Waals surface area contributed by atoms with E-state index in [2.05, 4.69) is 0 Å². The second kappa shape index (κ2) is 3.34. The smallest absolute Gasteiger partial charge is 0.333 e. The number of carbonyl (C=O) groups excluding carboxylic acids is 1. The Labute approximate surface area is 72.0 Å². The van der Waals surface area contributed by atoms with Crippen molar-refractivity contribution in [3.05, 3.63) is 12.4 Å². The highest BCUT2D eigenvalue weighted by atomic mass is 16.2. The second-order valence-corrected chi connectivity index (χ2v) is 2.69. The normalized spacial score (nSPS) is 15.5. The topological polar surface area (TPSA) is 52.8 Å². The SMILES string of the molecule is CCN(C(N)=O)N1C=CN(C)C1. The van der Waals surface area contributed by atoms with Crippen molar-refractivity contribution in [3.63, 3.8) is 0 Å². The van der Waals surface area contributed by atoms with Crippen LogP contribution in [-0.2, 0) is 0 Å². The molecule has 2 N–H and O–H groups in total. The molecular formula is C7H14N4O. The highest BCUT2D eigenvalue weighted by Crippen LogP contribution is 2.07. The van der Waals surface area contributed by atoms with Crippen molar-refractivity contribution in [1.29, 1.82) is 0 Å². The minimum absolute atomic E-state index is 0.419. The van der Waals surface area contributed by atoms with Crippen LogP contribution in [-0.4, -0.2) is 41.2 Å². The molecule has 1 heterocycles. The molecule has 5 heteroatoms. The van der Waals surface area contributed by atoms with Crippen molar-refractivity contribution in [3.8, 4) is 0 Å². The van der Waals surface area contributed by atoms with E-state index in [1.807, 2.05) is 31.3 Å². The number of hydrogen-bond acceptors (Lipinski definition) is 3. The number of nitrogens with zero attached hydrogens (tertiary/aromatic N) is 3. The van der Waals surface area contributed by atoms with Crippen LogP contribution in [0.5, 0.6) is 0 Å². The van der Waals surface area contributed by atoms with Gasteiger partial charge in [-0.25, -0.2) is 9.80 Å². The summed E-state index contributed by atoms with van der Waals surface area (Å²) in [5.74, 6) is 0. The maximum absolute atomic E-state index is 10.9. The van der Waals surface area contributed by atoms with Crippen LogP contribution < -0.4 is 5.73 Å². The van der Waals surface area contributed by atoms with Crippen molar-refractivity contribution >= 4 is 6.03 Å². The van der Waals surface area contributed by atoms with E-state index in [9.17, 15) is 4.79 Å². The lowest BCUT2D eigenvalue weighted by Crippen LogP contribution is -2.46. The summed E-state index contributed by atoms with van der Waals surface area (Å²) in [5, 5.41) is 3.27. The lowest BCUT2D eigenvalue weighted by molar-refractivity contribution is 0.0551. The Hall–Kier alpha value is -1.39. The van der Waals surface area contributed by atoms with E-state index in [0.29, 0.717) is 13.2 Å². The number of carbonyl (C=O) groups is 1. The first-order valence-electron chi connectivity index (χ1n) is 3.87. The Morgan fingerprint density at radius 3 is 2.67 bits per heavy atom. The van der Waals surface area contributed by atoms with Gasteiger partial charge in [-0.15, -0.1) is 0 Å². The predicted octanol–water partition coefficient (Wildman–Crippen LogP) is -0.0219. The molecule has 0 radical (unpaired) electrons. The van der Waals surface area contributed by atoms with E-state index >= 15 is 0 Å². The average molecular weight is 170 g/mol. The first-order chi connectivity index (χ1) is 5.65. The summed E-state index contributed by atoms with van der Waals surface area (Å²) < 4.78 is 0. The average Bonchev–Trinajstić information content (AvgIpc) is 2.37. The Morgan fingerprint density at radius 1 is 1.67 bits per heavy atom. The fraction of sp³-hybridized carbons (Fsp3) is 0.571. The van der Waals surface area contributed by atoms with Crippen LogP contribution in [0.25, 0.3) is 0 Å². The summed E-state index contributed by atoms with van der Waals surface area (Å²) in [5.41, 5.74) is 5.17. The molecule has 0 atom stereocenters. The van der Waals surface area contributed by atoms with E-state index in [0.717, 1.165) is 0 Å². The zero-order chi connectivity index (χ0) is 9.14. The quantitative estimate of drug-likeness (QED) is 0.633. The summed E-state index contributed by atoms with van der Waals surface area (Å²) in [7, 11) is 1.94. The third-order valence-electron chi connectivity index (χ3n) is 1.73. The van der Waals surface area contributed by atoms with E-state index in [1.165, 1.54) is 5.01 Å². The Bertz CT molecular complexity index is 204. The van der Waals surface area contributed by atoms with Gasteiger partial charge in [-0.05, 0) is 6.92 Å². The van der Waals surface area contributed by atoms with Crippen molar-refractivity contribution < 1.29 is 4.79 Å². The zero-order valence-electron chi connectivity index (χ0n) is 7.40. The second-order valence-electron chi connectivity index (χ2n) is 2.69. The van der Waals surface area contributed by atoms with Gasteiger partial charge in [-0.2, -0.15) is 0 Å². The van der Waals surface area contributed by atoms with Crippen molar-refractivity contribution in [2.45, 2.75) is 6.92 Å². The number of hydrazine groups is 1. The molecule has 68 valence electrons. The molecule has 0 unspecified atom stereocenters. The molecule has 0 bridgehead atoms. The highest BCUT2D eigenvalue weighted by molar-refractivity contribution is 5.71. The Kier molecular flexibility index (Phi) is 2.42. The van der Waals surface area contributed by atoms with Gasteiger partial charge in [-0.1, -0.05) is 0 Å². The summed E-state index contributed by atoms with van der Waals surface area (Å²) in [6, 6.07) is -0.419. The van der Waals surface area contributed by atoms with Gasteiger partial charge in [0.25, 0.3) is 0 Å². The maximum atomic E-state index is 10.9. The molecule has 1 aliphatic heterocycles. The van der Waals surface area contributed by atoms with E-state index < -0.39 is 6.03 Å². The number of amides is 2. The van der Waals surface area contributed by atoms with Crippen molar-refractivity contribution in [2.24, 2.45) is 5.73 Å². The molecule has 0 aromatic heterocycles. The van der Waals surface area contributed by atoms with E-state index in [4.69, 9.17) is 5.73 Å². The molecule has 1 aliphatic rings. The van der Waals surface area contributed by atoms with Gasteiger partial charge >= 0.3 is 6.03 Å². The summed E-state index contributed by atoms with van der Waals surface area (Å²) in [4.78, 5) is 12.8. The predicted molar refractivity (Wildman–Crippen MR) is 45.6 cm³/mol. The third kappa shape index (κ3) is 1.61. The molecule has 0 fully saturated rings. The monoisotopic (exact) mass is 170 g/mol. The molecule has 0 aromatic rings. The number of rotatable bonds is 2. The summed E-state index contributed by atoms with van der Waals surface area (Å²) in [6.45, 7) is 3.15. The van der Waals surface area contributed by atoms with Crippen molar-refractivity contribution in [1.82, 2.24) is 14.9 Å². The number of hydrogen-bond donors (Lipinski definition) is 1. The van der Waals surface area contributed by atoms with Gasteiger partial charge in [0.05, 0.1) is 0 Å². The van der Waals surface area contributed by atoms with Crippen LogP contribution in [0.15, 0.2) is 12.4 Å². The van der Waals surface area contributed by atoms with Crippen molar-refractivity contribution in [2.75, 3.05) is 20.3 Å². The minimum Gasteiger partial charge on any atom is -0.360 e. The molecule has 5 nitrogen and oxygen atoms in total. The first kappa shape index (κ1) is 8.70. The van der Waals surface area contributed by atoms with Crippen LogP contribution in [0, 0.1) is 0 Å². The summed E-state index contributed by atoms with van der Waals surface area (Å²) >= 11 is 0. The largest absolute Gasteiger partial charge is 0.360 e. The van der Waals surface area contributed by atoms with E-state index in [-0.39, 0.29) is 0 Å². The highest BCUT2D eigenvalue weighted by Gasteiger charge is 2.17. The van der Waals surface area contributed by atoms with Crippen LogP contribution in [0.4, 0.5) is 4.79 Å². The first-order valence-corrected chi connectivity index (χ1v) is 3.87. The number of urea groups is 1. The van der Waals surface area contributed by atoms with Gasteiger partial charge < -0.3 is 10.6 Å². The third-order valence-corrected chi connectivity index (χ3v) is 1.73. The maximum Gasteiger partial charge on any atom is 0.333 e. The van der Waals surface area contributed by atoms with E-state index in [1.54, 1.807) is 5.01 Å². The molecule has 0 saturated heterocycles. The number of primary amides is 1. The lowest BCUT2D eigenvalue weighted by atomic mass is 10.7.